The summed E-state index contributed by atoms with van der Waals surface area (Å²) in [4.78, 5) is 38.5. The van der Waals surface area contributed by atoms with Crippen molar-refractivity contribution in [1.82, 2.24) is 30.0 Å². The van der Waals surface area contributed by atoms with Crippen molar-refractivity contribution in [3.63, 3.8) is 0 Å². The lowest BCUT2D eigenvalue weighted by Gasteiger charge is -2.12. The summed E-state index contributed by atoms with van der Waals surface area (Å²) in [5.74, 6) is -0.664. The molecular formula is C27H19Cl2N7O2. The number of rotatable bonds is 7. The molecule has 5 aromatic rings. The van der Waals surface area contributed by atoms with Gasteiger partial charge in [-0.2, -0.15) is 5.10 Å². The third kappa shape index (κ3) is 5.54. The number of benzene rings is 2. The van der Waals surface area contributed by atoms with Crippen LogP contribution in [0.25, 0.3) is 16.9 Å². The minimum atomic E-state index is -0.506. The van der Waals surface area contributed by atoms with Gasteiger partial charge in [-0.05, 0) is 42.5 Å². The van der Waals surface area contributed by atoms with E-state index in [0.717, 1.165) is 0 Å². The molecular weight excluding hydrogens is 525 g/mol. The minimum Gasteiger partial charge on any atom is -0.345 e. The smallest absolute Gasteiger partial charge is 0.272 e. The van der Waals surface area contributed by atoms with Crippen molar-refractivity contribution in [2.24, 2.45) is 0 Å². The van der Waals surface area contributed by atoms with Crippen LogP contribution in [0.3, 0.4) is 0 Å². The average Bonchev–Trinajstić information content (AvgIpc) is 3.37. The number of aromatic nitrogens is 5. The van der Waals surface area contributed by atoms with Crippen LogP contribution in [0.2, 0.25) is 10.0 Å². The van der Waals surface area contributed by atoms with Crippen LogP contribution in [0.4, 0.5) is 5.82 Å². The van der Waals surface area contributed by atoms with Crippen molar-refractivity contribution < 1.29 is 9.59 Å². The normalized spacial score (nSPS) is 10.7. The number of halogens is 2. The molecule has 0 aliphatic carbocycles. The Hall–Kier alpha value is -4.60. The third-order valence-electron chi connectivity index (χ3n) is 5.50. The molecule has 2 aromatic carbocycles. The first kappa shape index (κ1) is 25.1. The van der Waals surface area contributed by atoms with Gasteiger partial charge in [0, 0.05) is 24.0 Å². The molecule has 0 fully saturated rings. The van der Waals surface area contributed by atoms with Gasteiger partial charge in [0.2, 0.25) is 0 Å². The first-order valence-corrected chi connectivity index (χ1v) is 12.2. The summed E-state index contributed by atoms with van der Waals surface area (Å²) >= 11 is 12.8. The van der Waals surface area contributed by atoms with Gasteiger partial charge in [-0.15, -0.1) is 0 Å². The fourth-order valence-corrected chi connectivity index (χ4v) is 4.22. The van der Waals surface area contributed by atoms with E-state index < -0.39 is 11.8 Å². The van der Waals surface area contributed by atoms with E-state index in [2.05, 4.69) is 30.7 Å². The summed E-state index contributed by atoms with van der Waals surface area (Å²) in [6, 6.07) is 20.8. The zero-order valence-corrected chi connectivity index (χ0v) is 21.2. The van der Waals surface area contributed by atoms with Crippen LogP contribution < -0.4 is 10.6 Å². The maximum atomic E-state index is 13.4. The van der Waals surface area contributed by atoms with Crippen molar-refractivity contribution >= 4 is 40.8 Å². The zero-order chi connectivity index (χ0) is 26.5. The molecule has 0 bridgehead atoms. The molecule has 5 rings (SSSR count). The maximum Gasteiger partial charge on any atom is 0.272 e. The standard InChI is InChI=1S/C27H19Cl2N7O2/c28-21-13-22(29)20(12-19(21)23-8-4-5-10-31-23)26(37)34-25-14-24(35-36(25)18-6-2-1-3-7-18)27(38)32-15-17-9-11-30-16-33-17/h1-14,16H,15H2,(H,32,38)(H,34,37). The van der Waals surface area contributed by atoms with E-state index in [0.29, 0.717) is 27.7 Å². The second kappa shape index (κ2) is 11.2. The molecule has 3 heterocycles. The number of hydrogen-bond donors (Lipinski definition) is 2. The highest BCUT2D eigenvalue weighted by molar-refractivity contribution is 6.38. The number of hydrogen-bond acceptors (Lipinski definition) is 6. The van der Waals surface area contributed by atoms with Gasteiger partial charge in [-0.25, -0.2) is 14.6 Å². The minimum absolute atomic E-state index is 0.106. The molecule has 0 spiro atoms. The van der Waals surface area contributed by atoms with Crippen LogP contribution in [-0.2, 0) is 6.54 Å². The fraction of sp³-hybridized carbons (Fsp3) is 0.0370. The Morgan fingerprint density at radius 1 is 0.842 bits per heavy atom. The van der Waals surface area contributed by atoms with E-state index in [4.69, 9.17) is 23.2 Å². The second-order valence-electron chi connectivity index (χ2n) is 8.03. The molecule has 0 unspecified atom stereocenters. The Labute approximate surface area is 227 Å². The van der Waals surface area contributed by atoms with Gasteiger partial charge in [0.25, 0.3) is 11.8 Å². The lowest BCUT2D eigenvalue weighted by molar-refractivity contribution is 0.0944. The van der Waals surface area contributed by atoms with Crippen LogP contribution in [0.1, 0.15) is 26.5 Å². The number of pyridine rings is 1. The Morgan fingerprint density at radius 3 is 2.39 bits per heavy atom. The van der Waals surface area contributed by atoms with Crippen LogP contribution >= 0.6 is 23.2 Å². The number of amides is 2. The number of para-hydroxylation sites is 1. The first-order valence-electron chi connectivity index (χ1n) is 11.4. The highest BCUT2D eigenvalue weighted by Crippen LogP contribution is 2.32. The van der Waals surface area contributed by atoms with Gasteiger partial charge in [-0.3, -0.25) is 14.6 Å². The van der Waals surface area contributed by atoms with Crippen LogP contribution in [0, 0.1) is 0 Å². The summed E-state index contributed by atoms with van der Waals surface area (Å²) in [6.45, 7) is 0.192. The highest BCUT2D eigenvalue weighted by atomic mass is 35.5. The van der Waals surface area contributed by atoms with Gasteiger partial charge in [0.15, 0.2) is 5.69 Å². The van der Waals surface area contributed by atoms with Crippen LogP contribution in [0.5, 0.6) is 0 Å². The topological polar surface area (TPSA) is 115 Å². The van der Waals surface area contributed by atoms with Crippen molar-refractivity contribution in [1.29, 1.82) is 0 Å². The Bertz CT molecular complexity index is 1590. The SMILES string of the molecule is O=C(NCc1ccncn1)c1cc(NC(=O)c2cc(-c3ccccn3)c(Cl)cc2Cl)n(-c2ccccc2)n1. The van der Waals surface area contributed by atoms with E-state index in [9.17, 15) is 9.59 Å². The quantitative estimate of drug-likeness (QED) is 0.291. The Morgan fingerprint density at radius 2 is 1.66 bits per heavy atom. The van der Waals surface area contributed by atoms with Crippen molar-refractivity contribution in [3.05, 3.63) is 119 Å². The highest BCUT2D eigenvalue weighted by Gasteiger charge is 2.20. The van der Waals surface area contributed by atoms with E-state index in [-0.39, 0.29) is 28.6 Å². The van der Waals surface area contributed by atoms with Crippen LogP contribution in [-0.4, -0.2) is 36.5 Å². The summed E-state index contributed by atoms with van der Waals surface area (Å²) in [6.07, 6.45) is 4.63. The summed E-state index contributed by atoms with van der Waals surface area (Å²) in [5.41, 5.74) is 2.74. The molecule has 0 radical (unpaired) electrons. The third-order valence-corrected chi connectivity index (χ3v) is 6.13. The number of carbonyl (C=O) groups excluding carboxylic acids is 2. The molecule has 0 atom stereocenters. The van der Waals surface area contributed by atoms with E-state index in [1.165, 1.54) is 23.1 Å². The summed E-state index contributed by atoms with van der Waals surface area (Å²) in [7, 11) is 0. The van der Waals surface area contributed by atoms with Crippen molar-refractivity contribution in [2.45, 2.75) is 6.54 Å². The zero-order valence-electron chi connectivity index (χ0n) is 19.7. The molecule has 0 aliphatic rings. The Kier molecular flexibility index (Phi) is 7.39. The molecule has 2 amide bonds. The number of anilines is 1. The molecule has 11 heteroatoms. The van der Waals surface area contributed by atoms with Crippen molar-refractivity contribution in [3.8, 4) is 16.9 Å². The summed E-state index contributed by atoms with van der Waals surface area (Å²) in [5, 5.41) is 10.6. The molecule has 188 valence electrons. The van der Waals surface area contributed by atoms with Crippen molar-refractivity contribution in [2.75, 3.05) is 5.32 Å². The molecule has 38 heavy (non-hydrogen) atoms. The lowest BCUT2D eigenvalue weighted by Crippen LogP contribution is -2.23. The number of nitrogens with one attached hydrogen (secondary N) is 2. The molecule has 0 saturated heterocycles. The maximum absolute atomic E-state index is 13.4. The predicted molar refractivity (Wildman–Crippen MR) is 144 cm³/mol. The average molecular weight is 544 g/mol. The van der Waals surface area contributed by atoms with Crippen LogP contribution in [0.15, 0.2) is 91.5 Å². The van der Waals surface area contributed by atoms with E-state index in [1.54, 1.807) is 48.8 Å². The van der Waals surface area contributed by atoms with E-state index in [1.807, 2.05) is 24.3 Å². The number of carbonyl (C=O) groups is 2. The van der Waals surface area contributed by atoms with E-state index >= 15 is 0 Å². The Balaban J connectivity index is 1.45. The summed E-state index contributed by atoms with van der Waals surface area (Å²) < 4.78 is 1.47. The first-order chi connectivity index (χ1) is 18.5. The number of nitrogens with zero attached hydrogens (tertiary/aromatic N) is 5. The molecule has 3 aromatic heterocycles. The molecule has 9 nitrogen and oxygen atoms in total. The van der Waals surface area contributed by atoms with Gasteiger partial charge in [0.1, 0.15) is 12.1 Å². The monoisotopic (exact) mass is 543 g/mol. The molecule has 0 aliphatic heterocycles. The predicted octanol–water partition coefficient (Wildman–Crippen LogP) is 5.21. The molecule has 0 saturated carbocycles. The van der Waals surface area contributed by atoms with Gasteiger partial charge in [0.05, 0.1) is 39.2 Å². The lowest BCUT2D eigenvalue weighted by atomic mass is 10.1. The molecule has 2 N–H and O–H groups in total. The van der Waals surface area contributed by atoms with Gasteiger partial charge in [-0.1, -0.05) is 47.5 Å². The van der Waals surface area contributed by atoms with Gasteiger partial charge >= 0.3 is 0 Å². The fourth-order valence-electron chi connectivity index (χ4n) is 3.66. The largest absolute Gasteiger partial charge is 0.345 e. The van der Waals surface area contributed by atoms with Gasteiger partial charge < -0.3 is 10.6 Å². The second-order valence-corrected chi connectivity index (χ2v) is 8.84.